The lowest BCUT2D eigenvalue weighted by Gasteiger charge is -2.58. The zero-order chi connectivity index (χ0) is 16.4. The Morgan fingerprint density at radius 3 is 2.57 bits per heavy atom. The van der Waals surface area contributed by atoms with Crippen LogP contribution in [0.25, 0.3) is 0 Å². The zero-order valence-corrected chi connectivity index (χ0v) is 14.0. The van der Waals surface area contributed by atoms with Gasteiger partial charge in [0.25, 0.3) is 0 Å². The van der Waals surface area contributed by atoms with Gasteiger partial charge in [0, 0.05) is 18.3 Å². The Labute approximate surface area is 137 Å². The average molecular weight is 318 g/mol. The van der Waals surface area contributed by atoms with Crippen molar-refractivity contribution in [3.05, 3.63) is 11.6 Å². The summed E-state index contributed by atoms with van der Waals surface area (Å²) in [6.07, 6.45) is 7.21. The minimum atomic E-state index is -0.386. The van der Waals surface area contributed by atoms with Crippen LogP contribution in [0.5, 0.6) is 0 Å². The third kappa shape index (κ3) is 1.97. The van der Waals surface area contributed by atoms with Crippen molar-refractivity contribution in [1.82, 2.24) is 0 Å². The molecule has 0 saturated heterocycles. The molecule has 0 heterocycles. The average Bonchev–Trinajstić information content (AvgIpc) is 2.83. The maximum atomic E-state index is 12.4. The van der Waals surface area contributed by atoms with Crippen molar-refractivity contribution >= 4 is 11.6 Å². The Hall–Kier alpha value is -1.00. The summed E-state index contributed by atoms with van der Waals surface area (Å²) < 4.78 is 0. The van der Waals surface area contributed by atoms with E-state index in [2.05, 4.69) is 13.8 Å². The van der Waals surface area contributed by atoms with E-state index < -0.39 is 0 Å². The Morgan fingerprint density at radius 2 is 1.83 bits per heavy atom. The summed E-state index contributed by atoms with van der Waals surface area (Å²) in [5.74, 6) is 1.88. The van der Waals surface area contributed by atoms with Gasteiger partial charge in [0.15, 0.2) is 5.78 Å². The van der Waals surface area contributed by atoms with Crippen molar-refractivity contribution in [3.63, 3.8) is 0 Å². The van der Waals surface area contributed by atoms with Gasteiger partial charge in [-0.25, -0.2) is 4.89 Å². The minimum absolute atomic E-state index is 0.0722. The molecule has 0 radical (unpaired) electrons. The molecule has 3 saturated carbocycles. The molecule has 4 rings (SSSR count). The van der Waals surface area contributed by atoms with Gasteiger partial charge in [0.2, 0.25) is 0 Å². The van der Waals surface area contributed by atoms with Gasteiger partial charge >= 0.3 is 0 Å². The Kier molecular flexibility index (Phi) is 3.37. The molecule has 0 bridgehead atoms. The van der Waals surface area contributed by atoms with Gasteiger partial charge in [0.1, 0.15) is 11.9 Å². The van der Waals surface area contributed by atoms with E-state index >= 15 is 0 Å². The van der Waals surface area contributed by atoms with Crippen LogP contribution in [-0.2, 0) is 14.5 Å². The Bertz CT molecular complexity index is 594. The molecule has 3 fully saturated rings. The number of rotatable bonds is 1. The van der Waals surface area contributed by atoms with Crippen molar-refractivity contribution in [1.29, 1.82) is 0 Å². The van der Waals surface area contributed by atoms with Crippen molar-refractivity contribution < 1.29 is 19.7 Å². The molecule has 1 N–H and O–H groups in total. The number of hydrogen-bond donors (Lipinski definition) is 1. The van der Waals surface area contributed by atoms with E-state index in [-0.39, 0.29) is 22.7 Å². The van der Waals surface area contributed by atoms with Crippen LogP contribution >= 0.6 is 0 Å². The fourth-order valence-electron chi connectivity index (χ4n) is 6.45. The number of carbonyl (C=O) groups excluding carboxylic acids is 2. The summed E-state index contributed by atoms with van der Waals surface area (Å²) in [5, 5.41) is 9.46. The standard InChI is InChI=1S/C19H26O4/c1-18-7-5-11(20)9-15(18)16(23-22)10-12-13-3-4-17(21)19(13,2)8-6-14(12)18/h9,12-14,16,22H,3-8,10H2,1-2H3/t12-,13-,14-,16+,18+,19-/m0/s1. The molecule has 4 nitrogen and oxygen atoms in total. The lowest BCUT2D eigenvalue weighted by molar-refractivity contribution is -0.285. The largest absolute Gasteiger partial charge is 0.299 e. The molecule has 0 amide bonds. The molecular weight excluding hydrogens is 292 g/mol. The van der Waals surface area contributed by atoms with Crippen molar-refractivity contribution in [2.75, 3.05) is 0 Å². The van der Waals surface area contributed by atoms with Gasteiger partial charge in [0.05, 0.1) is 0 Å². The first-order valence-electron chi connectivity index (χ1n) is 8.98. The summed E-state index contributed by atoms with van der Waals surface area (Å²) in [6, 6.07) is 0. The van der Waals surface area contributed by atoms with Crippen molar-refractivity contribution in [3.8, 4) is 0 Å². The van der Waals surface area contributed by atoms with Crippen LogP contribution in [0, 0.1) is 28.6 Å². The third-order valence-electron chi connectivity index (χ3n) is 7.79. The number of Topliss-reactive ketones (excluding diaryl/α,β-unsaturated/α-hetero) is 1. The molecule has 0 aliphatic heterocycles. The Morgan fingerprint density at radius 1 is 1.09 bits per heavy atom. The molecule has 126 valence electrons. The van der Waals surface area contributed by atoms with E-state index in [4.69, 9.17) is 4.89 Å². The zero-order valence-electron chi connectivity index (χ0n) is 14.0. The summed E-state index contributed by atoms with van der Waals surface area (Å²) >= 11 is 0. The number of ketones is 2. The van der Waals surface area contributed by atoms with E-state index in [1.165, 1.54) is 0 Å². The Balaban J connectivity index is 1.75. The predicted octanol–water partition coefficient (Wildman–Crippen LogP) is 3.56. The van der Waals surface area contributed by atoms with E-state index in [9.17, 15) is 14.8 Å². The third-order valence-corrected chi connectivity index (χ3v) is 7.79. The maximum absolute atomic E-state index is 12.4. The van der Waals surface area contributed by atoms with Gasteiger partial charge in [-0.3, -0.25) is 14.8 Å². The summed E-state index contributed by atoms with van der Waals surface area (Å²) in [5.41, 5.74) is 0.742. The fraction of sp³-hybridized carbons (Fsp3) is 0.789. The van der Waals surface area contributed by atoms with Crippen LogP contribution in [0.15, 0.2) is 11.6 Å². The van der Waals surface area contributed by atoms with Gasteiger partial charge in [-0.2, -0.15) is 0 Å². The first kappa shape index (κ1) is 15.5. The van der Waals surface area contributed by atoms with Crippen LogP contribution < -0.4 is 0 Å². The van der Waals surface area contributed by atoms with Crippen LogP contribution in [-0.4, -0.2) is 22.9 Å². The normalized spacial score (nSPS) is 49.3. The number of carbonyl (C=O) groups is 2. The van der Waals surface area contributed by atoms with Crippen LogP contribution in [0.4, 0.5) is 0 Å². The first-order chi connectivity index (χ1) is 10.9. The van der Waals surface area contributed by atoms with Crippen LogP contribution in [0.3, 0.4) is 0 Å². The quantitative estimate of drug-likeness (QED) is 0.593. The van der Waals surface area contributed by atoms with Gasteiger partial charge in [-0.05, 0) is 66.9 Å². The van der Waals surface area contributed by atoms with E-state index in [1.54, 1.807) is 6.08 Å². The van der Waals surface area contributed by atoms with Crippen LogP contribution in [0.1, 0.15) is 58.8 Å². The van der Waals surface area contributed by atoms with Gasteiger partial charge < -0.3 is 0 Å². The number of fused-ring (bicyclic) bond motifs is 5. The molecule has 6 atom stereocenters. The lowest BCUT2D eigenvalue weighted by atomic mass is 9.47. The second-order valence-corrected chi connectivity index (χ2v) is 8.61. The molecular formula is C19H26O4. The van der Waals surface area contributed by atoms with E-state index in [1.807, 2.05) is 0 Å². The summed E-state index contributed by atoms with van der Waals surface area (Å²) in [4.78, 5) is 29.2. The molecule has 0 unspecified atom stereocenters. The fourth-order valence-corrected chi connectivity index (χ4v) is 6.45. The molecule has 4 aliphatic rings. The maximum Gasteiger partial charge on any atom is 0.155 e. The molecule has 0 aromatic rings. The topological polar surface area (TPSA) is 63.6 Å². The smallest absolute Gasteiger partial charge is 0.155 e. The van der Waals surface area contributed by atoms with Crippen molar-refractivity contribution in [2.24, 2.45) is 28.6 Å². The second-order valence-electron chi connectivity index (χ2n) is 8.61. The highest BCUT2D eigenvalue weighted by Gasteiger charge is 2.60. The number of hydrogen-bond acceptors (Lipinski definition) is 4. The summed E-state index contributed by atoms with van der Waals surface area (Å²) in [6.45, 7) is 4.39. The van der Waals surface area contributed by atoms with E-state index in [0.29, 0.717) is 36.4 Å². The van der Waals surface area contributed by atoms with E-state index in [0.717, 1.165) is 37.7 Å². The first-order valence-corrected chi connectivity index (χ1v) is 8.98. The SMILES string of the molecule is C[C@]12CCC(=O)C=C1[C@H](OO)C[C@@H]1[C@@H]2CC[C@]2(C)C(=O)CC[C@@H]12. The van der Waals surface area contributed by atoms with Crippen molar-refractivity contribution in [2.45, 2.75) is 64.9 Å². The molecule has 0 aromatic heterocycles. The van der Waals surface area contributed by atoms with Gasteiger partial charge in [-0.15, -0.1) is 0 Å². The predicted molar refractivity (Wildman–Crippen MR) is 84.6 cm³/mol. The highest BCUT2D eigenvalue weighted by molar-refractivity contribution is 5.92. The molecule has 0 spiro atoms. The molecule has 4 heteroatoms. The van der Waals surface area contributed by atoms with Crippen LogP contribution in [0.2, 0.25) is 0 Å². The molecule has 0 aromatic carbocycles. The highest BCUT2D eigenvalue weighted by atomic mass is 17.1. The summed E-state index contributed by atoms with van der Waals surface area (Å²) in [7, 11) is 0. The monoisotopic (exact) mass is 318 g/mol. The lowest BCUT2D eigenvalue weighted by Crippen LogP contribution is -2.54. The molecule has 4 aliphatic carbocycles. The minimum Gasteiger partial charge on any atom is -0.299 e. The molecule has 23 heavy (non-hydrogen) atoms. The second kappa shape index (κ2) is 5.00. The highest BCUT2D eigenvalue weighted by Crippen LogP contribution is 2.64. The van der Waals surface area contributed by atoms with Gasteiger partial charge in [-0.1, -0.05) is 13.8 Å².